The Morgan fingerprint density at radius 2 is 1.67 bits per heavy atom. The molecule has 1 fully saturated rings. The Morgan fingerprint density at radius 1 is 0.939 bits per heavy atom. The summed E-state index contributed by atoms with van der Waals surface area (Å²) in [5.41, 5.74) is 1.88. The van der Waals surface area contributed by atoms with Gasteiger partial charge in [0.1, 0.15) is 18.3 Å². The number of anilines is 1. The summed E-state index contributed by atoms with van der Waals surface area (Å²) >= 11 is 5.93. The molecule has 9 heteroatoms. The van der Waals surface area contributed by atoms with Crippen LogP contribution in [0.5, 0.6) is 0 Å². The first-order valence-corrected chi connectivity index (χ1v) is 11.0. The number of fused-ring (bicyclic) bond motifs is 1. The smallest absolute Gasteiger partial charge is 0.264 e. The molecule has 0 radical (unpaired) electrons. The summed E-state index contributed by atoms with van der Waals surface area (Å²) in [4.78, 5) is 42.8. The maximum atomic E-state index is 12.9. The number of hydrogen-bond acceptors (Lipinski definition) is 6. The van der Waals surface area contributed by atoms with Crippen molar-refractivity contribution in [2.75, 3.05) is 31.1 Å². The van der Waals surface area contributed by atoms with Crippen LogP contribution in [0.2, 0.25) is 5.02 Å². The zero-order chi connectivity index (χ0) is 22.8. The molecule has 1 aliphatic heterocycles. The highest BCUT2D eigenvalue weighted by Crippen LogP contribution is 2.19. The number of carbonyl (C=O) groups is 1. The molecule has 1 saturated heterocycles. The molecule has 4 aromatic rings. The van der Waals surface area contributed by atoms with Gasteiger partial charge in [0.25, 0.3) is 5.56 Å². The molecule has 0 N–H and O–H groups in total. The number of halogens is 1. The van der Waals surface area contributed by atoms with Crippen LogP contribution in [0.1, 0.15) is 0 Å². The van der Waals surface area contributed by atoms with Crippen LogP contribution in [-0.4, -0.2) is 56.5 Å². The average Bonchev–Trinajstić information content (AvgIpc) is 2.86. The fraction of sp³-hybridized carbons (Fsp3) is 0.208. The van der Waals surface area contributed by atoms with Crippen molar-refractivity contribution in [2.45, 2.75) is 6.54 Å². The van der Waals surface area contributed by atoms with E-state index in [1.54, 1.807) is 29.2 Å². The normalized spacial score (nSPS) is 14.0. The molecule has 1 amide bonds. The second kappa shape index (κ2) is 8.99. The van der Waals surface area contributed by atoms with Crippen LogP contribution in [0.25, 0.3) is 22.4 Å². The van der Waals surface area contributed by atoms with Crippen molar-refractivity contribution < 1.29 is 4.79 Å². The Balaban J connectivity index is 1.29. The van der Waals surface area contributed by atoms with Crippen molar-refractivity contribution in [3.05, 3.63) is 82.5 Å². The summed E-state index contributed by atoms with van der Waals surface area (Å²) in [6.07, 6.45) is 2.84. The molecule has 2 aromatic carbocycles. The molecule has 3 heterocycles. The summed E-state index contributed by atoms with van der Waals surface area (Å²) in [5.74, 6) is 0.348. The minimum absolute atomic E-state index is 0.0634. The lowest BCUT2D eigenvalue weighted by Crippen LogP contribution is -2.50. The van der Waals surface area contributed by atoms with E-state index in [4.69, 9.17) is 11.6 Å². The lowest BCUT2D eigenvalue weighted by atomic mass is 10.2. The summed E-state index contributed by atoms with van der Waals surface area (Å²) in [6, 6.07) is 17.3. The first kappa shape index (κ1) is 21.1. The quantitative estimate of drug-likeness (QED) is 0.465. The van der Waals surface area contributed by atoms with Gasteiger partial charge in [-0.2, -0.15) is 0 Å². The van der Waals surface area contributed by atoms with Gasteiger partial charge in [0.05, 0.1) is 0 Å². The van der Waals surface area contributed by atoms with Crippen LogP contribution in [0.4, 0.5) is 5.69 Å². The highest BCUT2D eigenvalue weighted by atomic mass is 35.5. The monoisotopic (exact) mass is 460 g/mol. The number of aromatic nitrogens is 4. The summed E-state index contributed by atoms with van der Waals surface area (Å²) in [5, 5.41) is 0.892. The molecule has 166 valence electrons. The van der Waals surface area contributed by atoms with E-state index in [1.807, 2.05) is 18.2 Å². The Kier molecular flexibility index (Phi) is 5.75. The summed E-state index contributed by atoms with van der Waals surface area (Å²) < 4.78 is 1.32. The lowest BCUT2D eigenvalue weighted by molar-refractivity contribution is -0.132. The van der Waals surface area contributed by atoms with E-state index in [-0.39, 0.29) is 23.4 Å². The van der Waals surface area contributed by atoms with Gasteiger partial charge in [-0.05, 0) is 36.4 Å². The molecular weight excluding hydrogens is 440 g/mol. The van der Waals surface area contributed by atoms with Crippen molar-refractivity contribution in [2.24, 2.45) is 0 Å². The molecule has 5 rings (SSSR count). The predicted molar refractivity (Wildman–Crippen MR) is 127 cm³/mol. The van der Waals surface area contributed by atoms with Crippen LogP contribution in [0, 0.1) is 0 Å². The molecule has 0 bridgehead atoms. The minimum Gasteiger partial charge on any atom is -0.368 e. The Bertz CT molecular complexity index is 1350. The van der Waals surface area contributed by atoms with Gasteiger partial charge < -0.3 is 9.80 Å². The fourth-order valence-electron chi connectivity index (χ4n) is 3.90. The maximum Gasteiger partial charge on any atom is 0.264 e. The first-order valence-electron chi connectivity index (χ1n) is 10.6. The molecule has 0 spiro atoms. The third kappa shape index (κ3) is 4.42. The molecule has 0 atom stereocenters. The van der Waals surface area contributed by atoms with Crippen LogP contribution in [0.15, 0.2) is 71.9 Å². The largest absolute Gasteiger partial charge is 0.368 e. The van der Waals surface area contributed by atoms with Crippen molar-refractivity contribution >= 4 is 34.2 Å². The van der Waals surface area contributed by atoms with Crippen molar-refractivity contribution in [1.82, 2.24) is 24.4 Å². The molecule has 8 nitrogen and oxygen atoms in total. The van der Waals surface area contributed by atoms with E-state index in [1.165, 1.54) is 17.1 Å². The van der Waals surface area contributed by atoms with E-state index in [2.05, 4.69) is 32.0 Å². The standard InChI is InChI=1S/C24H21ClN6O2/c25-18-8-6-17(7-9-18)22-26-14-20-23(28-22)27-16-31(24(20)33)15-21(32)30-12-10-29(11-13-30)19-4-2-1-3-5-19/h1-9,14,16H,10-13,15H2. The average molecular weight is 461 g/mol. The lowest BCUT2D eigenvalue weighted by Gasteiger charge is -2.36. The van der Waals surface area contributed by atoms with Gasteiger partial charge in [-0.3, -0.25) is 14.2 Å². The molecule has 2 aromatic heterocycles. The third-order valence-electron chi connectivity index (χ3n) is 5.74. The Hall–Kier alpha value is -3.78. The number of benzene rings is 2. The summed E-state index contributed by atoms with van der Waals surface area (Å²) in [6.45, 7) is 2.66. The highest BCUT2D eigenvalue weighted by Gasteiger charge is 2.22. The van der Waals surface area contributed by atoms with Crippen molar-refractivity contribution in [3.63, 3.8) is 0 Å². The number of carbonyl (C=O) groups excluding carboxylic acids is 1. The van der Waals surface area contributed by atoms with Crippen molar-refractivity contribution in [3.8, 4) is 11.4 Å². The number of hydrogen-bond donors (Lipinski definition) is 0. The van der Waals surface area contributed by atoms with Gasteiger partial charge >= 0.3 is 0 Å². The van der Waals surface area contributed by atoms with E-state index >= 15 is 0 Å². The third-order valence-corrected chi connectivity index (χ3v) is 5.99. The predicted octanol–water partition coefficient (Wildman–Crippen LogP) is 2.86. The molecular formula is C24H21ClN6O2. The van der Waals surface area contributed by atoms with E-state index < -0.39 is 0 Å². The fourth-order valence-corrected chi connectivity index (χ4v) is 4.03. The second-order valence-corrected chi connectivity index (χ2v) is 8.26. The van der Waals surface area contributed by atoms with Crippen LogP contribution in [-0.2, 0) is 11.3 Å². The van der Waals surface area contributed by atoms with Crippen molar-refractivity contribution in [1.29, 1.82) is 0 Å². The molecule has 1 aliphatic rings. The van der Waals surface area contributed by atoms with Gasteiger partial charge in [0.15, 0.2) is 11.5 Å². The van der Waals surface area contributed by atoms with Gasteiger partial charge in [-0.15, -0.1) is 0 Å². The number of amides is 1. The van der Waals surface area contributed by atoms with Gasteiger partial charge in [0.2, 0.25) is 5.91 Å². The zero-order valence-corrected chi connectivity index (χ0v) is 18.5. The molecule has 0 aliphatic carbocycles. The van der Waals surface area contributed by atoms with Crippen LogP contribution < -0.4 is 10.5 Å². The Labute approximate surface area is 195 Å². The minimum atomic E-state index is -0.334. The number of rotatable bonds is 4. The number of piperazine rings is 1. The van der Waals surface area contributed by atoms with Gasteiger partial charge in [0, 0.05) is 48.6 Å². The molecule has 0 unspecified atom stereocenters. The SMILES string of the molecule is O=C(Cn1cnc2nc(-c3ccc(Cl)cc3)ncc2c1=O)N1CCN(c2ccccc2)CC1. The Morgan fingerprint density at radius 3 is 2.39 bits per heavy atom. The highest BCUT2D eigenvalue weighted by molar-refractivity contribution is 6.30. The van der Waals surface area contributed by atoms with Gasteiger partial charge in [-0.1, -0.05) is 29.8 Å². The van der Waals surface area contributed by atoms with E-state index in [0.717, 1.165) is 24.3 Å². The van der Waals surface area contributed by atoms with Gasteiger partial charge in [-0.25, -0.2) is 15.0 Å². The number of para-hydroxylation sites is 1. The molecule has 0 saturated carbocycles. The first-order chi connectivity index (χ1) is 16.1. The topological polar surface area (TPSA) is 84.2 Å². The summed E-state index contributed by atoms with van der Waals surface area (Å²) in [7, 11) is 0. The number of nitrogens with zero attached hydrogens (tertiary/aromatic N) is 6. The second-order valence-electron chi connectivity index (χ2n) is 7.82. The maximum absolute atomic E-state index is 12.9. The zero-order valence-electron chi connectivity index (χ0n) is 17.8. The molecule has 33 heavy (non-hydrogen) atoms. The van der Waals surface area contributed by atoms with Crippen LogP contribution >= 0.6 is 11.6 Å². The van der Waals surface area contributed by atoms with E-state index in [0.29, 0.717) is 29.6 Å². The van der Waals surface area contributed by atoms with Crippen LogP contribution in [0.3, 0.4) is 0 Å². The van der Waals surface area contributed by atoms with E-state index in [9.17, 15) is 9.59 Å².